The number of H-pyrrole nitrogens is 1. The Morgan fingerprint density at radius 3 is 2.76 bits per heavy atom. The van der Waals surface area contributed by atoms with Crippen LogP contribution in [0.25, 0.3) is 10.9 Å². The molecular formula is C13H20N2O2. The summed E-state index contributed by atoms with van der Waals surface area (Å²) < 4.78 is 0. The van der Waals surface area contributed by atoms with E-state index < -0.39 is 0 Å². The summed E-state index contributed by atoms with van der Waals surface area (Å²) in [7, 11) is 1.00. The molecule has 0 aliphatic carbocycles. The van der Waals surface area contributed by atoms with Crippen LogP contribution < -0.4 is 10.3 Å². The van der Waals surface area contributed by atoms with E-state index in [2.05, 4.69) is 24.3 Å². The third kappa shape index (κ3) is 3.76. The maximum absolute atomic E-state index is 7.00. The molecule has 0 amide bonds. The summed E-state index contributed by atoms with van der Waals surface area (Å²) in [5, 5.41) is 8.11. The zero-order chi connectivity index (χ0) is 12.7. The van der Waals surface area contributed by atoms with Crippen molar-refractivity contribution in [2.75, 3.05) is 13.7 Å². The molecule has 3 N–H and O–H groups in total. The molecule has 1 aromatic heterocycles. The van der Waals surface area contributed by atoms with Crippen LogP contribution in [-0.4, -0.2) is 23.7 Å². The molecule has 0 bridgehead atoms. The van der Waals surface area contributed by atoms with Crippen molar-refractivity contribution in [3.05, 3.63) is 30.5 Å². The SMILES string of the molecule is CC(C)CNOc1cccc2[nH]ccc12.CO. The van der Waals surface area contributed by atoms with E-state index in [1.807, 2.05) is 30.5 Å². The van der Waals surface area contributed by atoms with Gasteiger partial charge >= 0.3 is 0 Å². The molecule has 0 saturated carbocycles. The van der Waals surface area contributed by atoms with E-state index in [0.717, 1.165) is 30.3 Å². The Kier molecular flexibility index (Phi) is 5.52. The molecule has 0 atom stereocenters. The number of aliphatic hydroxyl groups excluding tert-OH is 1. The molecule has 1 aromatic carbocycles. The van der Waals surface area contributed by atoms with Crippen molar-refractivity contribution in [2.24, 2.45) is 5.92 Å². The monoisotopic (exact) mass is 236 g/mol. The molecule has 2 rings (SSSR count). The lowest BCUT2D eigenvalue weighted by Gasteiger charge is -2.09. The maximum Gasteiger partial charge on any atom is 0.156 e. The van der Waals surface area contributed by atoms with Crippen molar-refractivity contribution in [1.29, 1.82) is 0 Å². The first-order chi connectivity index (χ1) is 8.27. The van der Waals surface area contributed by atoms with Crippen LogP contribution in [0.4, 0.5) is 0 Å². The molecule has 1 heterocycles. The Labute approximate surface area is 102 Å². The number of hydroxylamine groups is 1. The maximum atomic E-state index is 7.00. The van der Waals surface area contributed by atoms with Crippen molar-refractivity contribution >= 4 is 10.9 Å². The Morgan fingerprint density at radius 1 is 1.29 bits per heavy atom. The number of aliphatic hydroxyl groups is 1. The second-order valence-electron chi connectivity index (χ2n) is 4.04. The van der Waals surface area contributed by atoms with E-state index in [9.17, 15) is 0 Å². The normalized spacial score (nSPS) is 10.2. The first-order valence-electron chi connectivity index (χ1n) is 5.68. The molecule has 2 aromatic rings. The Balaban J connectivity index is 0.000000686. The van der Waals surface area contributed by atoms with Gasteiger partial charge in [0.15, 0.2) is 5.75 Å². The minimum Gasteiger partial charge on any atom is -0.408 e. The lowest BCUT2D eigenvalue weighted by molar-refractivity contribution is 0.185. The highest BCUT2D eigenvalue weighted by molar-refractivity contribution is 5.85. The van der Waals surface area contributed by atoms with Crippen LogP contribution in [0.3, 0.4) is 0 Å². The molecule has 17 heavy (non-hydrogen) atoms. The number of nitrogens with one attached hydrogen (secondary N) is 2. The molecule has 0 spiro atoms. The lowest BCUT2D eigenvalue weighted by Crippen LogP contribution is -2.23. The van der Waals surface area contributed by atoms with E-state index in [0.29, 0.717) is 5.92 Å². The van der Waals surface area contributed by atoms with Crippen LogP contribution in [0, 0.1) is 5.92 Å². The summed E-state index contributed by atoms with van der Waals surface area (Å²) in [4.78, 5) is 8.67. The molecule has 0 fully saturated rings. The summed E-state index contributed by atoms with van der Waals surface area (Å²) in [6.45, 7) is 5.14. The van der Waals surface area contributed by atoms with Crippen molar-refractivity contribution in [3.8, 4) is 5.75 Å². The molecule has 0 radical (unpaired) electrons. The van der Waals surface area contributed by atoms with Gasteiger partial charge in [0, 0.05) is 30.8 Å². The predicted molar refractivity (Wildman–Crippen MR) is 69.9 cm³/mol. The molecule has 0 aliphatic heterocycles. The summed E-state index contributed by atoms with van der Waals surface area (Å²) in [5.41, 5.74) is 4.07. The summed E-state index contributed by atoms with van der Waals surface area (Å²) >= 11 is 0. The number of hydrogen-bond acceptors (Lipinski definition) is 3. The van der Waals surface area contributed by atoms with E-state index in [4.69, 9.17) is 9.94 Å². The molecule has 94 valence electrons. The Hall–Kier alpha value is -1.52. The zero-order valence-corrected chi connectivity index (χ0v) is 10.5. The topological polar surface area (TPSA) is 57.3 Å². The van der Waals surface area contributed by atoms with Gasteiger partial charge in [-0.25, -0.2) is 0 Å². The highest BCUT2D eigenvalue weighted by atomic mass is 16.6. The second kappa shape index (κ2) is 6.93. The summed E-state index contributed by atoms with van der Waals surface area (Å²) in [6, 6.07) is 7.99. The average molecular weight is 236 g/mol. The fourth-order valence-corrected chi connectivity index (χ4v) is 1.43. The van der Waals surface area contributed by atoms with E-state index in [1.54, 1.807) is 0 Å². The number of hydrogen-bond donors (Lipinski definition) is 3. The van der Waals surface area contributed by atoms with Crippen LogP contribution in [0.2, 0.25) is 0 Å². The number of aromatic nitrogens is 1. The van der Waals surface area contributed by atoms with E-state index in [1.165, 1.54) is 0 Å². The van der Waals surface area contributed by atoms with Crippen molar-refractivity contribution in [3.63, 3.8) is 0 Å². The average Bonchev–Trinajstić information content (AvgIpc) is 2.80. The smallest absolute Gasteiger partial charge is 0.156 e. The highest BCUT2D eigenvalue weighted by Crippen LogP contribution is 2.23. The molecular weight excluding hydrogens is 216 g/mol. The van der Waals surface area contributed by atoms with Gasteiger partial charge in [-0.1, -0.05) is 19.9 Å². The lowest BCUT2D eigenvalue weighted by atomic mass is 10.2. The van der Waals surface area contributed by atoms with Gasteiger partial charge in [-0.3, -0.25) is 0 Å². The zero-order valence-electron chi connectivity index (χ0n) is 10.5. The van der Waals surface area contributed by atoms with E-state index >= 15 is 0 Å². The van der Waals surface area contributed by atoms with Gasteiger partial charge in [-0.05, 0) is 24.1 Å². The van der Waals surface area contributed by atoms with Gasteiger partial charge in [0.25, 0.3) is 0 Å². The highest BCUT2D eigenvalue weighted by Gasteiger charge is 2.02. The van der Waals surface area contributed by atoms with Crippen molar-refractivity contribution < 1.29 is 9.94 Å². The standard InChI is InChI=1S/C12H16N2O.CH4O/c1-9(2)8-14-15-12-5-3-4-11-10(12)6-7-13-11;1-2/h3-7,9,13-14H,8H2,1-2H3;2H,1H3. The predicted octanol–water partition coefficient (Wildman–Crippen LogP) is 2.32. The molecule has 0 unspecified atom stereocenters. The number of fused-ring (bicyclic) bond motifs is 1. The number of benzene rings is 1. The molecule has 0 saturated heterocycles. The van der Waals surface area contributed by atoms with E-state index in [-0.39, 0.29) is 0 Å². The second-order valence-corrected chi connectivity index (χ2v) is 4.04. The quantitative estimate of drug-likeness (QED) is 0.714. The molecule has 4 heteroatoms. The van der Waals surface area contributed by atoms with Crippen molar-refractivity contribution in [2.45, 2.75) is 13.8 Å². The van der Waals surface area contributed by atoms with Gasteiger partial charge in [0.05, 0.1) is 0 Å². The minimum absolute atomic E-state index is 0.579. The Morgan fingerprint density at radius 2 is 2.06 bits per heavy atom. The van der Waals surface area contributed by atoms with Gasteiger partial charge in [0.1, 0.15) is 0 Å². The summed E-state index contributed by atoms with van der Waals surface area (Å²) in [6.07, 6.45) is 1.92. The third-order valence-corrected chi connectivity index (χ3v) is 2.23. The van der Waals surface area contributed by atoms with Crippen LogP contribution in [0.15, 0.2) is 30.5 Å². The minimum atomic E-state index is 0.579. The third-order valence-electron chi connectivity index (χ3n) is 2.23. The Bertz CT molecular complexity index is 438. The van der Waals surface area contributed by atoms with Gasteiger partial charge in [-0.2, -0.15) is 5.48 Å². The van der Waals surface area contributed by atoms with Crippen LogP contribution in [0.5, 0.6) is 5.75 Å². The van der Waals surface area contributed by atoms with Crippen LogP contribution in [0.1, 0.15) is 13.8 Å². The first-order valence-corrected chi connectivity index (χ1v) is 5.68. The number of rotatable bonds is 4. The largest absolute Gasteiger partial charge is 0.408 e. The van der Waals surface area contributed by atoms with Crippen molar-refractivity contribution in [1.82, 2.24) is 10.5 Å². The summed E-state index contributed by atoms with van der Waals surface area (Å²) in [5.74, 6) is 1.45. The van der Waals surface area contributed by atoms with Crippen LogP contribution in [-0.2, 0) is 0 Å². The number of aromatic amines is 1. The fourth-order valence-electron chi connectivity index (χ4n) is 1.43. The molecule has 4 nitrogen and oxygen atoms in total. The fraction of sp³-hybridized carbons (Fsp3) is 0.385. The first kappa shape index (κ1) is 13.5. The van der Waals surface area contributed by atoms with Gasteiger partial charge in [0.2, 0.25) is 0 Å². The van der Waals surface area contributed by atoms with Crippen LogP contribution >= 0.6 is 0 Å². The van der Waals surface area contributed by atoms with Gasteiger partial charge < -0.3 is 14.9 Å². The molecule has 0 aliphatic rings. The van der Waals surface area contributed by atoms with Gasteiger partial charge in [-0.15, -0.1) is 0 Å².